The molecule has 4 atom stereocenters. The first-order chi connectivity index (χ1) is 23.1. The Hall–Kier alpha value is -4.41. The highest BCUT2D eigenvalue weighted by atomic mass is 32.1. The molecule has 3 saturated heterocycles. The molecule has 0 saturated carbocycles. The molecule has 4 unspecified atom stereocenters. The molecule has 3 fully saturated rings. The van der Waals surface area contributed by atoms with Gasteiger partial charge in [-0.15, -0.1) is 11.3 Å². The predicted molar refractivity (Wildman–Crippen MR) is 181 cm³/mol. The Bertz CT molecular complexity index is 2000. The van der Waals surface area contributed by atoms with Crippen LogP contribution in [0.5, 0.6) is 6.01 Å². The van der Waals surface area contributed by atoms with Crippen molar-refractivity contribution in [1.29, 1.82) is 5.26 Å². The van der Waals surface area contributed by atoms with Crippen LogP contribution < -0.4 is 15.4 Å². The minimum Gasteiger partial charge on any atom is -0.461 e. The van der Waals surface area contributed by atoms with Crippen LogP contribution in [0.15, 0.2) is 36.9 Å². The molecule has 2 aromatic carbocycles. The summed E-state index contributed by atoms with van der Waals surface area (Å²) in [7, 11) is 1.87. The van der Waals surface area contributed by atoms with Crippen molar-refractivity contribution in [2.45, 2.75) is 62.8 Å². The van der Waals surface area contributed by atoms with Crippen LogP contribution in [0.25, 0.3) is 32.1 Å². The highest BCUT2D eigenvalue weighted by Crippen LogP contribution is 2.44. The van der Waals surface area contributed by atoms with Gasteiger partial charge in [-0.05, 0) is 56.0 Å². The van der Waals surface area contributed by atoms with Crippen LogP contribution in [-0.2, 0) is 4.79 Å². The standard InChI is InChI=1S/C35H36F3N7O2S/c1-4-25-26(11-14-45(25)27(46)5-2)43(3)33-22-8-7-21(20-9-10-24(37)31-28(20)23(16-39)32(40)48-31)29(38)30(22)41-34(42-33)47-18-35-12-6-13-44(35)17-19(36)15-35/h5,7-10,19,25-26H,2,4,6,11-15,17-18,40H2,1,3H3. The summed E-state index contributed by atoms with van der Waals surface area (Å²) in [5.41, 5.74) is 6.10. The number of nitrogens with two attached hydrogens (primary N) is 1. The molecule has 0 bridgehead atoms. The number of nitriles is 1. The predicted octanol–water partition coefficient (Wildman–Crippen LogP) is 6.20. The van der Waals surface area contributed by atoms with Gasteiger partial charge in [0.1, 0.15) is 41.0 Å². The van der Waals surface area contributed by atoms with Gasteiger partial charge in [-0.25, -0.2) is 13.2 Å². The number of likely N-dealkylation sites (tertiary alicyclic amines) is 1. The summed E-state index contributed by atoms with van der Waals surface area (Å²) < 4.78 is 52.7. The average molecular weight is 676 g/mol. The van der Waals surface area contributed by atoms with Gasteiger partial charge in [0.2, 0.25) is 5.91 Å². The van der Waals surface area contributed by atoms with Crippen LogP contribution in [0.3, 0.4) is 0 Å². The van der Waals surface area contributed by atoms with Crippen molar-refractivity contribution >= 4 is 49.1 Å². The minimum atomic E-state index is -0.945. The number of fused-ring (bicyclic) bond motifs is 3. The first kappa shape index (κ1) is 32.2. The molecule has 250 valence electrons. The van der Waals surface area contributed by atoms with E-state index in [1.54, 1.807) is 17.0 Å². The fraction of sp³-hybridized carbons (Fsp3) is 0.429. The Balaban J connectivity index is 1.36. The lowest BCUT2D eigenvalue weighted by Crippen LogP contribution is -2.45. The van der Waals surface area contributed by atoms with Crippen LogP contribution in [0, 0.1) is 23.0 Å². The topological polar surface area (TPSA) is 112 Å². The summed E-state index contributed by atoms with van der Waals surface area (Å²) in [4.78, 5) is 27.9. The third kappa shape index (κ3) is 5.04. The van der Waals surface area contributed by atoms with Crippen molar-refractivity contribution in [2.24, 2.45) is 0 Å². The number of nitrogen functional groups attached to an aromatic ring is 1. The largest absolute Gasteiger partial charge is 0.461 e. The van der Waals surface area contributed by atoms with E-state index < -0.39 is 23.3 Å². The van der Waals surface area contributed by atoms with Crippen molar-refractivity contribution in [3.8, 4) is 23.2 Å². The second-order valence-corrected chi connectivity index (χ2v) is 14.0. The molecular formula is C35H36F3N7O2S. The number of thiophene rings is 1. The number of carbonyl (C=O) groups excluding carboxylic acids is 1. The molecule has 1 amide bonds. The third-order valence-electron chi connectivity index (χ3n) is 10.4. The van der Waals surface area contributed by atoms with Gasteiger partial charge < -0.3 is 20.3 Å². The molecule has 2 N–H and O–H groups in total. The van der Waals surface area contributed by atoms with Crippen molar-refractivity contribution in [1.82, 2.24) is 19.8 Å². The Kier molecular flexibility index (Phi) is 8.20. The number of hydrogen-bond donors (Lipinski definition) is 1. The third-order valence-corrected chi connectivity index (χ3v) is 11.5. The summed E-state index contributed by atoms with van der Waals surface area (Å²) in [6, 6.07) is 7.70. The number of hydrogen-bond acceptors (Lipinski definition) is 9. The lowest BCUT2D eigenvalue weighted by atomic mass is 9.95. The molecule has 3 aliphatic rings. The Morgan fingerprint density at radius 2 is 2.06 bits per heavy atom. The number of amides is 1. The molecule has 9 nitrogen and oxygen atoms in total. The first-order valence-electron chi connectivity index (χ1n) is 16.2. The van der Waals surface area contributed by atoms with E-state index in [-0.39, 0.29) is 62.3 Å². The van der Waals surface area contributed by atoms with Crippen LogP contribution in [-0.4, -0.2) is 82.8 Å². The summed E-state index contributed by atoms with van der Waals surface area (Å²) in [6.45, 7) is 7.52. The molecule has 13 heteroatoms. The minimum absolute atomic E-state index is 0.0147. The van der Waals surface area contributed by atoms with E-state index in [1.807, 2.05) is 24.9 Å². The smallest absolute Gasteiger partial charge is 0.319 e. The zero-order valence-corrected chi connectivity index (χ0v) is 27.6. The van der Waals surface area contributed by atoms with Gasteiger partial charge in [0.25, 0.3) is 0 Å². The fourth-order valence-corrected chi connectivity index (χ4v) is 9.12. The van der Waals surface area contributed by atoms with Crippen LogP contribution in [0.2, 0.25) is 0 Å². The monoisotopic (exact) mass is 675 g/mol. The van der Waals surface area contributed by atoms with E-state index in [1.165, 1.54) is 18.2 Å². The number of halogens is 3. The maximum atomic E-state index is 16.9. The van der Waals surface area contributed by atoms with E-state index in [4.69, 9.17) is 15.5 Å². The summed E-state index contributed by atoms with van der Waals surface area (Å²) in [6.07, 6.45) is 3.79. The van der Waals surface area contributed by atoms with E-state index in [0.717, 1.165) is 30.7 Å². The quantitative estimate of drug-likeness (QED) is 0.220. The van der Waals surface area contributed by atoms with Gasteiger partial charge in [0, 0.05) is 42.9 Å². The maximum absolute atomic E-state index is 16.9. The lowest BCUT2D eigenvalue weighted by molar-refractivity contribution is -0.126. The van der Waals surface area contributed by atoms with Gasteiger partial charge in [-0.3, -0.25) is 9.69 Å². The highest BCUT2D eigenvalue weighted by Gasteiger charge is 2.49. The number of ether oxygens (including phenoxy) is 1. The molecule has 48 heavy (non-hydrogen) atoms. The van der Waals surface area contributed by atoms with Crippen LogP contribution in [0.1, 0.15) is 44.6 Å². The molecule has 0 radical (unpaired) electrons. The molecule has 5 heterocycles. The SMILES string of the molecule is C=CC(=O)N1CCC(N(C)c2nc(OCC34CCCN3CC(F)C4)nc3c(F)c(-c4ccc(F)c5sc(N)c(C#N)c45)ccc23)C1CC. The first-order valence-corrected chi connectivity index (χ1v) is 17.0. The normalized spacial score (nSPS) is 23.9. The molecule has 4 aromatic rings. The van der Waals surface area contributed by atoms with Crippen molar-refractivity contribution in [2.75, 3.05) is 43.9 Å². The fourth-order valence-electron chi connectivity index (χ4n) is 8.17. The Labute approximate surface area is 280 Å². The second kappa shape index (κ2) is 12.2. The zero-order valence-electron chi connectivity index (χ0n) is 26.8. The van der Waals surface area contributed by atoms with Crippen molar-refractivity contribution < 1.29 is 22.7 Å². The number of aromatic nitrogens is 2. The summed E-state index contributed by atoms with van der Waals surface area (Å²) >= 11 is 0.944. The maximum Gasteiger partial charge on any atom is 0.319 e. The van der Waals surface area contributed by atoms with Crippen LogP contribution >= 0.6 is 11.3 Å². The van der Waals surface area contributed by atoms with Gasteiger partial charge in [0.15, 0.2) is 5.82 Å². The number of anilines is 2. The lowest BCUT2D eigenvalue weighted by Gasteiger charge is -2.34. The van der Waals surface area contributed by atoms with E-state index in [9.17, 15) is 18.8 Å². The number of carbonyl (C=O) groups is 1. The second-order valence-electron chi connectivity index (χ2n) is 12.9. The van der Waals surface area contributed by atoms with E-state index in [2.05, 4.69) is 16.5 Å². The Morgan fingerprint density at radius 1 is 1.27 bits per heavy atom. The zero-order chi connectivity index (χ0) is 33.9. The Morgan fingerprint density at radius 3 is 2.81 bits per heavy atom. The highest BCUT2D eigenvalue weighted by molar-refractivity contribution is 7.23. The molecule has 3 aliphatic heterocycles. The van der Waals surface area contributed by atoms with Gasteiger partial charge in [-0.2, -0.15) is 15.2 Å². The van der Waals surface area contributed by atoms with Crippen molar-refractivity contribution in [3.05, 3.63) is 54.1 Å². The molecule has 2 aromatic heterocycles. The molecular weight excluding hydrogens is 639 g/mol. The molecule has 0 spiro atoms. The van der Waals surface area contributed by atoms with E-state index >= 15 is 4.39 Å². The summed E-state index contributed by atoms with van der Waals surface area (Å²) in [5.74, 6) is -0.967. The molecule has 0 aliphatic carbocycles. The number of nitrogens with zero attached hydrogens (tertiary/aromatic N) is 6. The van der Waals surface area contributed by atoms with E-state index in [0.29, 0.717) is 49.1 Å². The van der Waals surface area contributed by atoms with Gasteiger partial charge in [0.05, 0.1) is 27.9 Å². The number of benzene rings is 2. The average Bonchev–Trinajstić information content (AvgIpc) is 3.84. The van der Waals surface area contributed by atoms with Gasteiger partial charge >= 0.3 is 6.01 Å². The number of likely N-dealkylation sites (N-methyl/N-ethyl adjacent to an activating group) is 1. The molecule has 7 rings (SSSR count). The van der Waals surface area contributed by atoms with Crippen molar-refractivity contribution in [3.63, 3.8) is 0 Å². The van der Waals surface area contributed by atoms with Crippen LogP contribution in [0.4, 0.5) is 24.0 Å². The summed E-state index contributed by atoms with van der Waals surface area (Å²) in [5, 5.41) is 10.7. The number of alkyl halides is 1. The number of rotatable bonds is 8. The van der Waals surface area contributed by atoms with Gasteiger partial charge in [-0.1, -0.05) is 25.6 Å².